The Balaban J connectivity index is 2.86. The van der Waals surface area contributed by atoms with Crippen molar-refractivity contribution in [1.29, 1.82) is 0 Å². The molecule has 71 valence electrons. The minimum absolute atomic E-state index is 0.821. The molecule has 0 saturated heterocycles. The molecule has 12 heavy (non-hydrogen) atoms. The number of rotatable bonds is 8. The van der Waals surface area contributed by atoms with Gasteiger partial charge in [-0.25, -0.2) is 0 Å². The van der Waals surface area contributed by atoms with Gasteiger partial charge >= 0.3 is 0 Å². The van der Waals surface area contributed by atoms with Gasteiger partial charge in [-0.3, -0.25) is 0 Å². The van der Waals surface area contributed by atoms with Crippen molar-refractivity contribution in [3.8, 4) is 0 Å². The van der Waals surface area contributed by atoms with Crippen molar-refractivity contribution in [3.05, 3.63) is 19.1 Å². The summed E-state index contributed by atoms with van der Waals surface area (Å²) in [6, 6.07) is 0. The molecule has 0 rings (SSSR count). The van der Waals surface area contributed by atoms with Gasteiger partial charge in [0.05, 0.1) is 0 Å². The molecule has 0 nitrogen and oxygen atoms in total. The summed E-state index contributed by atoms with van der Waals surface area (Å²) >= 11 is 5.56. The molecule has 1 radical (unpaired) electrons. The Morgan fingerprint density at radius 2 is 1.58 bits per heavy atom. The largest absolute Gasteiger partial charge is 0.127 e. The molecule has 0 spiro atoms. The molecule has 1 heteroatoms. The summed E-state index contributed by atoms with van der Waals surface area (Å²) in [6.07, 6.45) is 13.0. The maximum atomic E-state index is 5.56. The van der Waals surface area contributed by atoms with Crippen LogP contribution < -0.4 is 0 Å². The molecule has 0 aromatic heterocycles. The van der Waals surface area contributed by atoms with E-state index in [1.54, 1.807) is 0 Å². The van der Waals surface area contributed by atoms with Gasteiger partial charge in [-0.2, -0.15) is 0 Å². The van der Waals surface area contributed by atoms with Gasteiger partial charge in [0.25, 0.3) is 0 Å². The van der Waals surface area contributed by atoms with Crippen LogP contribution in [-0.2, 0) is 0 Å². The molecule has 0 amide bonds. The first-order chi connectivity index (χ1) is 5.91. The molecular weight excluding hydrogens is 168 g/mol. The molecule has 0 aliphatic carbocycles. The fraction of sp³-hybridized carbons (Fsp3) is 0.727. The maximum absolute atomic E-state index is 5.56. The van der Waals surface area contributed by atoms with E-state index in [0.29, 0.717) is 0 Å². The van der Waals surface area contributed by atoms with Gasteiger partial charge < -0.3 is 0 Å². The number of allylic oxidation sites excluding steroid dienone is 2. The standard InChI is InChI=1S/C11H20Cl/c1-2-3-4-5-6-7-8-9-10-11-12/h3-4H,1-2,5-11H2. The highest BCUT2D eigenvalue weighted by Gasteiger charge is 1.87. The van der Waals surface area contributed by atoms with Crippen molar-refractivity contribution in [2.24, 2.45) is 0 Å². The van der Waals surface area contributed by atoms with Crippen molar-refractivity contribution in [2.75, 3.05) is 5.88 Å². The van der Waals surface area contributed by atoms with Gasteiger partial charge in [0.15, 0.2) is 0 Å². The van der Waals surface area contributed by atoms with E-state index in [-0.39, 0.29) is 0 Å². The molecule has 0 unspecified atom stereocenters. The fourth-order valence-corrected chi connectivity index (χ4v) is 1.31. The molecule has 0 saturated carbocycles. The second-order valence-corrected chi connectivity index (χ2v) is 3.38. The lowest BCUT2D eigenvalue weighted by atomic mass is 10.1. The predicted molar refractivity (Wildman–Crippen MR) is 57.5 cm³/mol. The van der Waals surface area contributed by atoms with Gasteiger partial charge in [-0.15, -0.1) is 11.6 Å². The molecule has 0 atom stereocenters. The lowest BCUT2D eigenvalue weighted by Crippen LogP contribution is -1.79. The highest BCUT2D eigenvalue weighted by molar-refractivity contribution is 6.17. The van der Waals surface area contributed by atoms with E-state index >= 15 is 0 Å². The van der Waals surface area contributed by atoms with Crippen molar-refractivity contribution >= 4 is 11.6 Å². The van der Waals surface area contributed by atoms with Crippen LogP contribution in [0.1, 0.15) is 44.9 Å². The first kappa shape index (κ1) is 12.0. The summed E-state index contributed by atoms with van der Waals surface area (Å²) in [7, 11) is 0. The zero-order chi connectivity index (χ0) is 9.07. The van der Waals surface area contributed by atoms with Crippen LogP contribution in [0.4, 0.5) is 0 Å². The monoisotopic (exact) mass is 187 g/mol. The van der Waals surface area contributed by atoms with Crippen molar-refractivity contribution < 1.29 is 0 Å². The Morgan fingerprint density at radius 1 is 0.917 bits per heavy atom. The highest BCUT2D eigenvalue weighted by atomic mass is 35.5. The maximum Gasteiger partial charge on any atom is 0.0223 e. The number of hydrogen-bond acceptors (Lipinski definition) is 0. The van der Waals surface area contributed by atoms with E-state index in [2.05, 4.69) is 19.1 Å². The number of halogens is 1. The Hall–Kier alpha value is 0.0300. The average Bonchev–Trinajstić information content (AvgIpc) is 2.10. The third-order valence-electron chi connectivity index (χ3n) is 1.84. The fourth-order valence-electron chi connectivity index (χ4n) is 1.12. The lowest BCUT2D eigenvalue weighted by molar-refractivity contribution is 0.639. The number of alkyl halides is 1. The van der Waals surface area contributed by atoms with Crippen LogP contribution >= 0.6 is 11.6 Å². The number of hydrogen-bond donors (Lipinski definition) is 0. The van der Waals surface area contributed by atoms with Crippen molar-refractivity contribution in [2.45, 2.75) is 44.9 Å². The first-order valence-corrected chi connectivity index (χ1v) is 5.45. The van der Waals surface area contributed by atoms with E-state index in [1.165, 1.54) is 38.5 Å². The van der Waals surface area contributed by atoms with Crippen LogP contribution in [0.5, 0.6) is 0 Å². The third-order valence-corrected chi connectivity index (χ3v) is 2.11. The van der Waals surface area contributed by atoms with E-state index in [9.17, 15) is 0 Å². The molecule has 0 aliphatic heterocycles. The van der Waals surface area contributed by atoms with Gasteiger partial charge in [-0.05, 0) is 32.6 Å². The molecule has 0 heterocycles. The minimum Gasteiger partial charge on any atom is -0.127 e. The van der Waals surface area contributed by atoms with Gasteiger partial charge in [0.2, 0.25) is 0 Å². The minimum atomic E-state index is 0.821. The zero-order valence-corrected chi connectivity index (χ0v) is 8.65. The summed E-state index contributed by atoms with van der Waals surface area (Å²) in [5.74, 6) is 0.821. The van der Waals surface area contributed by atoms with E-state index in [0.717, 1.165) is 12.3 Å². The SMILES string of the molecule is [CH2]CC=CCCCCCCCCl. The quantitative estimate of drug-likeness (QED) is 0.301. The Bertz CT molecular complexity index is 97.2. The molecule has 0 bridgehead atoms. The van der Waals surface area contributed by atoms with Crippen LogP contribution in [0, 0.1) is 6.92 Å². The van der Waals surface area contributed by atoms with E-state index in [4.69, 9.17) is 11.6 Å². The molecule has 0 N–H and O–H groups in total. The summed E-state index contributed by atoms with van der Waals surface area (Å²) in [5.41, 5.74) is 0. The summed E-state index contributed by atoms with van der Waals surface area (Å²) < 4.78 is 0. The molecule has 0 aromatic rings. The lowest BCUT2D eigenvalue weighted by Gasteiger charge is -1.96. The first-order valence-electron chi connectivity index (χ1n) is 4.92. The Labute approximate surface area is 82.0 Å². The normalized spacial score (nSPS) is 11.2. The Kier molecular flexibility index (Phi) is 11.1. The summed E-state index contributed by atoms with van der Waals surface area (Å²) in [5, 5.41) is 0. The topological polar surface area (TPSA) is 0 Å². The Morgan fingerprint density at radius 3 is 2.25 bits per heavy atom. The number of unbranched alkanes of at least 4 members (excludes halogenated alkanes) is 5. The van der Waals surface area contributed by atoms with Gasteiger partial charge in [0.1, 0.15) is 0 Å². The molecule has 0 fully saturated rings. The van der Waals surface area contributed by atoms with Crippen LogP contribution in [0.2, 0.25) is 0 Å². The zero-order valence-electron chi connectivity index (χ0n) is 7.90. The van der Waals surface area contributed by atoms with Crippen molar-refractivity contribution in [3.63, 3.8) is 0 Å². The molecular formula is C11H20Cl. The van der Waals surface area contributed by atoms with Crippen LogP contribution in [0.15, 0.2) is 12.2 Å². The second-order valence-electron chi connectivity index (χ2n) is 3.01. The van der Waals surface area contributed by atoms with Crippen LogP contribution in [0.3, 0.4) is 0 Å². The second kappa shape index (κ2) is 11.0. The van der Waals surface area contributed by atoms with E-state index < -0.39 is 0 Å². The van der Waals surface area contributed by atoms with Gasteiger partial charge in [-0.1, -0.05) is 31.4 Å². The van der Waals surface area contributed by atoms with Crippen LogP contribution in [-0.4, -0.2) is 5.88 Å². The van der Waals surface area contributed by atoms with Gasteiger partial charge in [0, 0.05) is 5.88 Å². The van der Waals surface area contributed by atoms with Crippen LogP contribution in [0.25, 0.3) is 0 Å². The average molecular weight is 188 g/mol. The molecule has 0 aliphatic rings. The summed E-state index contributed by atoms with van der Waals surface area (Å²) in [6.45, 7) is 3.74. The molecule has 0 aromatic carbocycles. The smallest absolute Gasteiger partial charge is 0.0223 e. The van der Waals surface area contributed by atoms with Crippen molar-refractivity contribution in [1.82, 2.24) is 0 Å². The highest BCUT2D eigenvalue weighted by Crippen LogP contribution is 2.06. The van der Waals surface area contributed by atoms with E-state index in [1.807, 2.05) is 0 Å². The summed E-state index contributed by atoms with van der Waals surface area (Å²) in [4.78, 5) is 0. The third kappa shape index (κ3) is 10.0. The predicted octanol–water partition coefficient (Wildman–Crippen LogP) is 4.35.